The van der Waals surface area contributed by atoms with Crippen molar-refractivity contribution >= 4 is 40.4 Å². The molecule has 0 amide bonds. The Morgan fingerprint density at radius 1 is 0.840 bits per heavy atom. The Morgan fingerprint density at radius 2 is 1.40 bits per heavy atom. The first-order chi connectivity index (χ1) is 12.0. The number of carbonyl (C=O) groups excluding carboxylic acids is 2. The van der Waals surface area contributed by atoms with Crippen LogP contribution in [0.3, 0.4) is 0 Å². The van der Waals surface area contributed by atoms with Crippen LogP contribution in [0.15, 0.2) is 46.9 Å². The Bertz CT molecular complexity index is 783. The molecule has 0 atom stereocenters. The van der Waals surface area contributed by atoms with Crippen LogP contribution >= 0.6 is 15.9 Å². The molecule has 6 nitrogen and oxygen atoms in total. The predicted molar refractivity (Wildman–Crippen MR) is 95.6 cm³/mol. The zero-order valence-corrected chi connectivity index (χ0v) is 15.1. The summed E-state index contributed by atoms with van der Waals surface area (Å²) < 4.78 is 19.5. The average molecular weight is 407 g/mol. The predicted octanol–water partition coefficient (Wildman–Crippen LogP) is 4.91. The van der Waals surface area contributed by atoms with Gasteiger partial charge in [-0.1, -0.05) is 46.3 Å². The molecule has 0 unspecified atom stereocenters. The van der Waals surface area contributed by atoms with Gasteiger partial charge in [0, 0.05) is 4.47 Å². The first-order valence-electron chi connectivity index (χ1n) is 7.11. The lowest BCUT2D eigenvalue weighted by molar-refractivity contribution is 0.120. The molecule has 7 heteroatoms. The lowest BCUT2D eigenvalue weighted by Gasteiger charge is -2.05. The molecule has 130 valence electrons. The van der Waals surface area contributed by atoms with Crippen molar-refractivity contribution in [3.05, 3.63) is 58.1 Å². The van der Waals surface area contributed by atoms with E-state index in [1.54, 1.807) is 42.5 Å². The first kappa shape index (κ1) is 18.5. The van der Waals surface area contributed by atoms with Crippen LogP contribution in [0.5, 0.6) is 11.5 Å². The van der Waals surface area contributed by atoms with Crippen LogP contribution in [0.4, 0.5) is 9.59 Å². The second-order valence-corrected chi connectivity index (χ2v) is 5.55. The van der Waals surface area contributed by atoms with Crippen molar-refractivity contribution in [1.29, 1.82) is 0 Å². The summed E-state index contributed by atoms with van der Waals surface area (Å²) in [6.45, 7) is 0. The molecule has 0 aliphatic heterocycles. The molecule has 0 spiro atoms. The summed E-state index contributed by atoms with van der Waals surface area (Å²) in [6.07, 6.45) is 2.25. The summed E-state index contributed by atoms with van der Waals surface area (Å²) in [5, 5.41) is 0. The van der Waals surface area contributed by atoms with E-state index < -0.39 is 12.3 Å². The Kier molecular flexibility index (Phi) is 6.59. The first-order valence-corrected chi connectivity index (χ1v) is 7.90. The van der Waals surface area contributed by atoms with Crippen molar-refractivity contribution < 1.29 is 28.5 Å². The highest BCUT2D eigenvalue weighted by atomic mass is 79.9. The van der Waals surface area contributed by atoms with Crippen molar-refractivity contribution in [1.82, 2.24) is 0 Å². The Labute approximate surface area is 153 Å². The van der Waals surface area contributed by atoms with Gasteiger partial charge in [-0.2, -0.15) is 0 Å². The van der Waals surface area contributed by atoms with Gasteiger partial charge in [0.1, 0.15) is 11.5 Å². The van der Waals surface area contributed by atoms with Gasteiger partial charge in [-0.05, 0) is 35.4 Å². The maximum Gasteiger partial charge on any atom is 0.513 e. The second kappa shape index (κ2) is 8.89. The summed E-state index contributed by atoms with van der Waals surface area (Å²) in [7, 11) is 2.49. The van der Waals surface area contributed by atoms with Gasteiger partial charge >= 0.3 is 12.3 Å². The molecule has 0 aliphatic rings. The molecule has 0 aromatic heterocycles. The second-order valence-electron chi connectivity index (χ2n) is 4.70. The third kappa shape index (κ3) is 5.65. The van der Waals surface area contributed by atoms with E-state index in [9.17, 15) is 9.59 Å². The number of rotatable bonds is 4. The lowest BCUT2D eigenvalue weighted by Crippen LogP contribution is -2.07. The van der Waals surface area contributed by atoms with E-state index in [1.165, 1.54) is 14.2 Å². The van der Waals surface area contributed by atoms with Crippen molar-refractivity contribution in [3.63, 3.8) is 0 Å². The molecule has 0 fully saturated rings. The summed E-state index contributed by atoms with van der Waals surface area (Å²) >= 11 is 3.42. The molecule has 0 saturated heterocycles. The largest absolute Gasteiger partial charge is 0.513 e. The molecular formula is C18H15BrO6. The van der Waals surface area contributed by atoms with Crippen LogP contribution < -0.4 is 9.47 Å². The van der Waals surface area contributed by atoms with Gasteiger partial charge in [0.25, 0.3) is 0 Å². The van der Waals surface area contributed by atoms with Gasteiger partial charge in [-0.3, -0.25) is 0 Å². The fourth-order valence-corrected chi connectivity index (χ4v) is 2.31. The van der Waals surface area contributed by atoms with Crippen molar-refractivity contribution in [2.75, 3.05) is 14.2 Å². The number of benzene rings is 2. The van der Waals surface area contributed by atoms with E-state index in [1.807, 2.05) is 12.2 Å². The minimum atomic E-state index is -0.774. The monoisotopic (exact) mass is 406 g/mol. The number of halogens is 1. The lowest BCUT2D eigenvalue weighted by atomic mass is 10.1. The summed E-state index contributed by atoms with van der Waals surface area (Å²) in [5.41, 5.74) is 1.81. The standard InChI is InChI=1S/C18H15BrO6/c1-22-17(20)24-14-8-4-12(5-9-14)3-6-13-7-10-15(11-16(13)19)25-18(21)23-2/h3-11H,1-2H3/b6-3+. The van der Waals surface area contributed by atoms with Crippen LogP contribution in [0.2, 0.25) is 0 Å². The van der Waals surface area contributed by atoms with E-state index in [0.717, 1.165) is 15.6 Å². The number of hydrogen-bond acceptors (Lipinski definition) is 6. The molecule has 2 rings (SSSR count). The van der Waals surface area contributed by atoms with Gasteiger partial charge in [-0.25, -0.2) is 9.59 Å². The molecule has 0 saturated carbocycles. The van der Waals surface area contributed by atoms with Crippen molar-refractivity contribution in [3.8, 4) is 11.5 Å². The van der Waals surface area contributed by atoms with Gasteiger partial charge in [0.05, 0.1) is 14.2 Å². The van der Waals surface area contributed by atoms with Crippen LogP contribution in [0, 0.1) is 0 Å². The van der Waals surface area contributed by atoms with Crippen LogP contribution in [0.1, 0.15) is 11.1 Å². The van der Waals surface area contributed by atoms with Crippen LogP contribution in [0.25, 0.3) is 12.2 Å². The maximum absolute atomic E-state index is 11.1. The summed E-state index contributed by atoms with van der Waals surface area (Å²) in [4.78, 5) is 22.1. The minimum Gasteiger partial charge on any atom is -0.437 e. The Morgan fingerprint density at radius 3 is 1.96 bits per heavy atom. The van der Waals surface area contributed by atoms with Gasteiger partial charge in [0.2, 0.25) is 0 Å². The Hall–Kier alpha value is -2.80. The summed E-state index contributed by atoms with van der Waals surface area (Å²) in [5.74, 6) is 0.773. The Balaban J connectivity index is 2.06. The quantitative estimate of drug-likeness (QED) is 0.408. The van der Waals surface area contributed by atoms with Crippen molar-refractivity contribution in [2.45, 2.75) is 0 Å². The van der Waals surface area contributed by atoms with E-state index in [2.05, 4.69) is 25.4 Å². The maximum atomic E-state index is 11.1. The molecule has 0 bridgehead atoms. The zero-order valence-electron chi connectivity index (χ0n) is 13.5. The zero-order chi connectivity index (χ0) is 18.2. The van der Waals surface area contributed by atoms with Gasteiger partial charge < -0.3 is 18.9 Å². The van der Waals surface area contributed by atoms with Gasteiger partial charge in [0.15, 0.2) is 0 Å². The number of ether oxygens (including phenoxy) is 4. The molecule has 0 N–H and O–H groups in total. The van der Waals surface area contributed by atoms with Gasteiger partial charge in [-0.15, -0.1) is 0 Å². The van der Waals surface area contributed by atoms with Crippen molar-refractivity contribution in [2.24, 2.45) is 0 Å². The molecule has 25 heavy (non-hydrogen) atoms. The fourth-order valence-electron chi connectivity index (χ4n) is 1.82. The normalized spacial score (nSPS) is 10.4. The topological polar surface area (TPSA) is 71.1 Å². The van der Waals surface area contributed by atoms with E-state index >= 15 is 0 Å². The number of methoxy groups -OCH3 is 2. The highest BCUT2D eigenvalue weighted by Gasteiger charge is 2.06. The molecule has 0 aliphatic carbocycles. The summed E-state index contributed by atoms with van der Waals surface area (Å²) in [6, 6.07) is 12.1. The molecular weight excluding hydrogens is 392 g/mol. The SMILES string of the molecule is COC(=O)Oc1ccc(/C=C/c2ccc(OC(=O)OC)cc2Br)cc1. The molecule has 2 aromatic carbocycles. The van der Waals surface area contributed by atoms with Crippen LogP contribution in [-0.2, 0) is 9.47 Å². The van der Waals surface area contributed by atoms with E-state index in [0.29, 0.717) is 11.5 Å². The number of hydrogen-bond donors (Lipinski definition) is 0. The molecule has 0 radical (unpaired) electrons. The smallest absolute Gasteiger partial charge is 0.437 e. The highest BCUT2D eigenvalue weighted by molar-refractivity contribution is 9.10. The van der Waals surface area contributed by atoms with E-state index in [-0.39, 0.29) is 0 Å². The average Bonchev–Trinajstić information content (AvgIpc) is 2.62. The van der Waals surface area contributed by atoms with E-state index in [4.69, 9.17) is 9.47 Å². The molecule has 0 heterocycles. The third-order valence-corrected chi connectivity index (χ3v) is 3.73. The third-order valence-electron chi connectivity index (χ3n) is 3.04. The fraction of sp³-hybridized carbons (Fsp3) is 0.111. The van der Waals surface area contributed by atoms with Crippen LogP contribution in [-0.4, -0.2) is 26.5 Å². The minimum absolute atomic E-state index is 0.375. The highest BCUT2D eigenvalue weighted by Crippen LogP contribution is 2.25. The molecule has 2 aromatic rings. The number of carbonyl (C=O) groups is 2.